The lowest BCUT2D eigenvalue weighted by atomic mass is 10.3. The average Bonchev–Trinajstić information content (AvgIpc) is 4.44. The number of aromatic nitrogens is 13. The monoisotopic (exact) mass is 1290 g/mol. The molecule has 0 radical (unpaired) electrons. The predicted molar refractivity (Wildman–Crippen MR) is 352 cm³/mol. The molecule has 0 unspecified atom stereocenters. The Kier molecular flexibility index (Phi) is 40.5. The normalized spacial score (nSPS) is 9.22. The predicted octanol–water partition coefficient (Wildman–Crippen LogP) is 18.1. The minimum atomic E-state index is 0.856. The van der Waals surface area contributed by atoms with Crippen molar-refractivity contribution in [1.82, 2.24) is 61.7 Å². The zero-order chi connectivity index (χ0) is 64.2. The Morgan fingerprint density at radius 1 is 0.407 bits per heavy atom. The van der Waals surface area contributed by atoms with Crippen LogP contribution in [0.2, 0.25) is 0 Å². The molecule has 13 aromatic rings. The van der Waals surface area contributed by atoms with Crippen molar-refractivity contribution in [2.24, 2.45) is 7.05 Å². The van der Waals surface area contributed by atoms with E-state index in [9.17, 15) is 0 Å². The summed E-state index contributed by atoms with van der Waals surface area (Å²) in [4.78, 5) is 5.17. The summed E-state index contributed by atoms with van der Waals surface area (Å²) in [7, 11) is 2.06. The van der Waals surface area contributed by atoms with Crippen LogP contribution in [0.15, 0.2) is 148 Å². The Labute approximate surface area is 531 Å². The molecule has 0 aliphatic heterocycles. The highest BCUT2D eigenvalue weighted by atomic mass is 32.1. The number of hydrogen-bond donors (Lipinski definition) is 0. The van der Waals surface area contributed by atoms with Crippen molar-refractivity contribution in [1.29, 1.82) is 0 Å². The van der Waals surface area contributed by atoms with E-state index in [0.717, 1.165) is 68.3 Å². The lowest BCUT2D eigenvalue weighted by molar-refractivity contribution is 0.393. The molecule has 464 valence electrons. The first kappa shape index (κ1) is 76.3. The van der Waals surface area contributed by atoms with E-state index in [1.807, 2.05) is 144 Å². The second-order valence-electron chi connectivity index (χ2n) is 18.6. The van der Waals surface area contributed by atoms with Crippen LogP contribution in [0.25, 0.3) is 0 Å². The van der Waals surface area contributed by atoms with E-state index in [-0.39, 0.29) is 0 Å². The number of hydrogen-bond acceptors (Lipinski definition) is 24. The van der Waals surface area contributed by atoms with Crippen molar-refractivity contribution in [2.45, 2.75) is 138 Å². The molecule has 0 N–H and O–H groups in total. The van der Waals surface area contributed by atoms with E-state index in [1.165, 1.54) is 76.5 Å². The Bertz CT molecular complexity index is 2970. The van der Waals surface area contributed by atoms with Crippen LogP contribution in [0.4, 0.5) is 0 Å². The standard InChI is InChI=1S/C7H11N.3C5H7NO.3C5H7NS.3C4H5NO.3C4H5NS/c1-6-4-7(2)8(3)5-6;1-4-3-6-7-5(4)2;2*1-4-3-5(2)7-6-4;1-4-3-6-7-5(4)2;2*1-4-3-5(2)7-6-4;1-4-2-5-6-3-4;1-4-2-3-6-5-4;1-4-2-3-5-6-4;1-4-2-5-6-3-4;1-4-2-3-6-5-4;1-4-2-3-5-6-4/h4-5H,1-3H3;6*3H,1-2H3;6*2-3H,1H3. The van der Waals surface area contributed by atoms with Gasteiger partial charge in [-0.05, 0) is 255 Å². The van der Waals surface area contributed by atoms with Crippen LogP contribution in [0.5, 0.6) is 0 Å². The van der Waals surface area contributed by atoms with Gasteiger partial charge in [-0.15, -0.1) is 0 Å². The van der Waals surface area contributed by atoms with Crippen LogP contribution in [-0.2, 0) is 7.05 Å². The smallest absolute Gasteiger partial charge is 0.136 e. The van der Waals surface area contributed by atoms with Gasteiger partial charge < -0.3 is 31.7 Å². The fraction of sp³-hybridized carbons (Fsp3) is 0.344. The van der Waals surface area contributed by atoms with Crippen molar-refractivity contribution in [3.63, 3.8) is 0 Å². The fourth-order valence-corrected chi connectivity index (χ4v) is 8.32. The van der Waals surface area contributed by atoms with Gasteiger partial charge in [-0.25, -0.2) is 13.1 Å². The maximum absolute atomic E-state index is 4.71. The molecule has 86 heavy (non-hydrogen) atoms. The highest BCUT2D eigenvalue weighted by molar-refractivity contribution is 7.06. The lowest BCUT2D eigenvalue weighted by Gasteiger charge is -1.89. The third-order valence-electron chi connectivity index (χ3n) is 9.73. The van der Waals surface area contributed by atoms with Gasteiger partial charge in [-0.1, -0.05) is 30.9 Å². The molecule has 13 aromatic heterocycles. The molecule has 0 saturated heterocycles. The Balaban J connectivity index is 0.000000466. The topological polar surface area (TPSA) is 238 Å². The van der Waals surface area contributed by atoms with Crippen molar-refractivity contribution >= 4 is 69.2 Å². The molecule has 25 heteroatoms. The van der Waals surface area contributed by atoms with Crippen LogP contribution in [-0.4, -0.2) is 61.7 Å². The van der Waals surface area contributed by atoms with Crippen LogP contribution >= 0.6 is 69.2 Å². The molecule has 0 aliphatic rings. The summed E-state index contributed by atoms with van der Waals surface area (Å²) in [6.07, 6.45) is 15.8. The van der Waals surface area contributed by atoms with Gasteiger partial charge in [-0.3, -0.25) is 0 Å². The summed E-state index contributed by atoms with van der Waals surface area (Å²) in [6.45, 7) is 39.6. The zero-order valence-electron chi connectivity index (χ0n) is 53.3. The summed E-state index contributed by atoms with van der Waals surface area (Å²) in [6, 6.07) is 17.7. The quantitative estimate of drug-likeness (QED) is 0.137. The second kappa shape index (κ2) is 45.7. The van der Waals surface area contributed by atoms with E-state index in [4.69, 9.17) is 13.6 Å². The van der Waals surface area contributed by atoms with Crippen molar-refractivity contribution in [3.05, 3.63) is 231 Å². The summed E-state index contributed by atoms with van der Waals surface area (Å²) in [5.41, 5.74) is 13.6. The second-order valence-corrected chi connectivity index (χ2v) is 24.0. The molecular formula is C61H83N13O6S6. The SMILES string of the molecule is Cc1cc(C)n(C)c1.Cc1cc(C)on1.Cc1cc(C)on1.Cc1cc(C)sn1.Cc1cc(C)sn1.Cc1ccno1.Cc1ccns1.Cc1ccon1.Cc1ccsn1.Cc1cnoc1.Cc1cnoc1C.Cc1cnsc1.Cc1cnsc1C. The molecule has 0 saturated carbocycles. The molecule has 0 aromatic carbocycles. The third-order valence-corrected chi connectivity index (χ3v) is 14.1. The van der Waals surface area contributed by atoms with Gasteiger partial charge in [0.05, 0.1) is 52.8 Å². The molecule has 0 bridgehead atoms. The van der Waals surface area contributed by atoms with Crippen LogP contribution in [0.1, 0.15) is 110 Å². The molecule has 19 nitrogen and oxygen atoms in total. The van der Waals surface area contributed by atoms with Gasteiger partial charge in [0.2, 0.25) is 0 Å². The van der Waals surface area contributed by atoms with Gasteiger partial charge in [0.1, 0.15) is 35.6 Å². The van der Waals surface area contributed by atoms with Gasteiger partial charge in [0.25, 0.3) is 0 Å². The van der Waals surface area contributed by atoms with E-state index in [2.05, 4.69) is 148 Å². The summed E-state index contributed by atoms with van der Waals surface area (Å²) < 4.78 is 53.5. The van der Waals surface area contributed by atoms with Gasteiger partial charge in [0.15, 0.2) is 0 Å². The molecule has 13 heterocycles. The lowest BCUT2D eigenvalue weighted by Crippen LogP contribution is -1.84. The van der Waals surface area contributed by atoms with Gasteiger partial charge >= 0.3 is 0 Å². The summed E-state index contributed by atoms with van der Waals surface area (Å²) >= 11 is 9.17. The van der Waals surface area contributed by atoms with Gasteiger partial charge in [0, 0.05) is 103 Å². The van der Waals surface area contributed by atoms with E-state index < -0.39 is 0 Å². The molecule has 0 spiro atoms. The van der Waals surface area contributed by atoms with E-state index in [0.29, 0.717) is 0 Å². The van der Waals surface area contributed by atoms with Crippen molar-refractivity contribution in [2.75, 3.05) is 0 Å². The largest absolute Gasteiger partial charge is 0.365 e. The summed E-state index contributed by atoms with van der Waals surface area (Å²) in [5, 5.41) is 25.2. The first-order valence-electron chi connectivity index (χ1n) is 26.5. The average molecular weight is 1290 g/mol. The first-order valence-corrected chi connectivity index (χ1v) is 31.2. The van der Waals surface area contributed by atoms with Crippen LogP contribution in [0, 0.1) is 138 Å². The maximum atomic E-state index is 4.71. The molecule has 0 atom stereocenters. The van der Waals surface area contributed by atoms with E-state index >= 15 is 0 Å². The van der Waals surface area contributed by atoms with Crippen LogP contribution in [0.3, 0.4) is 0 Å². The van der Waals surface area contributed by atoms with E-state index in [1.54, 1.807) is 84.0 Å². The summed E-state index contributed by atoms with van der Waals surface area (Å²) in [5.74, 6) is 3.50. The number of aryl methyl sites for hydroxylation is 21. The minimum Gasteiger partial charge on any atom is -0.365 e. The fourth-order valence-electron chi connectivity index (χ4n) is 5.15. The number of nitrogens with zero attached hydrogens (tertiary/aromatic N) is 13. The van der Waals surface area contributed by atoms with Crippen LogP contribution < -0.4 is 0 Å². The maximum Gasteiger partial charge on any atom is 0.136 e. The molecule has 13 rings (SSSR count). The molecular weight excluding hydrogens is 1200 g/mol. The Hall–Kier alpha value is -7.68. The minimum absolute atomic E-state index is 0.856. The molecule has 0 aliphatic carbocycles. The zero-order valence-corrected chi connectivity index (χ0v) is 58.2. The van der Waals surface area contributed by atoms with Crippen molar-refractivity contribution < 1.29 is 27.1 Å². The first-order chi connectivity index (χ1) is 40.8. The molecule has 0 amide bonds. The third kappa shape index (κ3) is 41.4. The van der Waals surface area contributed by atoms with Crippen molar-refractivity contribution in [3.8, 4) is 0 Å². The highest BCUT2D eigenvalue weighted by Gasteiger charge is 1.94. The van der Waals surface area contributed by atoms with Gasteiger partial charge in [-0.2, -0.15) is 13.1 Å². The number of rotatable bonds is 0. The highest BCUT2D eigenvalue weighted by Crippen LogP contribution is 2.09. The Morgan fingerprint density at radius 2 is 1.05 bits per heavy atom. The Morgan fingerprint density at radius 3 is 1.17 bits per heavy atom. The molecule has 0 fully saturated rings.